The number of rotatable bonds is 1. The second-order valence-corrected chi connectivity index (χ2v) is 4.75. The molecule has 1 amide bonds. The largest absolute Gasteiger partial charge is 0.443 e. The number of amides is 1. The Morgan fingerprint density at radius 3 is 2.86 bits per heavy atom. The average molecular weight is 223 g/mol. The van der Waals surface area contributed by atoms with Crippen LogP contribution in [-0.2, 0) is 8.92 Å². The number of carbonyl (C=O) groups excluding carboxylic acids is 1. The molecule has 0 aromatic rings. The molecular formula is C8H14FNO3S. The van der Waals surface area contributed by atoms with Crippen LogP contribution in [0.25, 0.3) is 0 Å². The Kier molecular flexibility index (Phi) is 3.60. The van der Waals surface area contributed by atoms with Gasteiger partial charge in [-0.2, -0.15) is 0 Å². The summed E-state index contributed by atoms with van der Waals surface area (Å²) in [6, 6.07) is -0.533. The molecule has 4 nitrogen and oxygen atoms in total. The van der Waals surface area contributed by atoms with Gasteiger partial charge in [-0.1, -0.05) is 0 Å². The van der Waals surface area contributed by atoms with E-state index in [2.05, 4.69) is 0 Å². The van der Waals surface area contributed by atoms with Gasteiger partial charge in [-0.15, -0.1) is 0 Å². The lowest BCUT2D eigenvalue weighted by Gasteiger charge is -2.24. The van der Waals surface area contributed by atoms with Gasteiger partial charge in [0.2, 0.25) is 0 Å². The fraction of sp³-hybridized carbons (Fsp3) is 0.875. The Labute approximate surface area is 87.1 Å². The van der Waals surface area contributed by atoms with Crippen molar-refractivity contribution in [3.05, 3.63) is 0 Å². The van der Waals surface area contributed by atoms with E-state index in [1.807, 2.05) is 0 Å². The lowest BCUT2D eigenvalue weighted by Crippen LogP contribution is -2.38. The average Bonchev–Trinajstić information content (AvgIpc) is 2.47. The first-order valence-corrected chi connectivity index (χ1v) is 5.01. The summed E-state index contributed by atoms with van der Waals surface area (Å²) in [5, 5.41) is 0. The molecule has 1 atom stereocenters. The summed E-state index contributed by atoms with van der Waals surface area (Å²) in [6.07, 6.45) is -0.553. The van der Waals surface area contributed by atoms with Gasteiger partial charge in [0.05, 0.1) is 6.61 Å². The van der Waals surface area contributed by atoms with Crippen molar-refractivity contribution in [1.82, 2.24) is 4.31 Å². The van der Waals surface area contributed by atoms with E-state index in [1.54, 1.807) is 20.8 Å². The lowest BCUT2D eigenvalue weighted by molar-refractivity contribution is 0.0354. The molecule has 0 bridgehead atoms. The lowest BCUT2D eigenvalue weighted by atomic mass is 10.2. The standard InChI is InChI=1S/C8H14FNO3S/c1-8(2,3)13-7(11)10-6(4-9)5-12-14-10/h6H,4-5H2,1-3H3/t6-/m0/s1. The summed E-state index contributed by atoms with van der Waals surface area (Å²) in [5.74, 6) is 0. The Bertz CT molecular complexity index is 219. The molecule has 0 saturated carbocycles. The number of halogens is 1. The van der Waals surface area contributed by atoms with Gasteiger partial charge >= 0.3 is 6.09 Å². The van der Waals surface area contributed by atoms with E-state index in [-0.39, 0.29) is 6.61 Å². The molecule has 1 aliphatic heterocycles. The molecule has 0 spiro atoms. The normalized spacial score (nSPS) is 22.6. The molecule has 1 rings (SSSR count). The van der Waals surface area contributed by atoms with Crippen molar-refractivity contribution in [1.29, 1.82) is 0 Å². The van der Waals surface area contributed by atoms with Gasteiger partial charge < -0.3 is 4.74 Å². The maximum Gasteiger partial charge on any atom is 0.422 e. The summed E-state index contributed by atoms with van der Waals surface area (Å²) in [5.41, 5.74) is -0.568. The summed E-state index contributed by atoms with van der Waals surface area (Å²) in [7, 11) is 0. The van der Waals surface area contributed by atoms with Gasteiger partial charge in [-0.3, -0.25) is 4.18 Å². The summed E-state index contributed by atoms with van der Waals surface area (Å²) in [6.45, 7) is 4.87. The van der Waals surface area contributed by atoms with Crippen molar-refractivity contribution < 1.29 is 18.1 Å². The first-order chi connectivity index (χ1) is 6.44. The van der Waals surface area contributed by atoms with Gasteiger partial charge in [0, 0.05) is 0 Å². The highest BCUT2D eigenvalue weighted by Crippen LogP contribution is 2.27. The van der Waals surface area contributed by atoms with Crippen molar-refractivity contribution >= 4 is 18.3 Å². The molecule has 0 unspecified atom stereocenters. The molecule has 14 heavy (non-hydrogen) atoms. The molecule has 1 fully saturated rings. The zero-order valence-electron chi connectivity index (χ0n) is 8.45. The molecule has 0 aliphatic carbocycles. The highest BCUT2D eigenvalue weighted by molar-refractivity contribution is 7.93. The monoisotopic (exact) mass is 223 g/mol. The number of alkyl halides is 1. The molecule has 82 valence electrons. The fourth-order valence-electron chi connectivity index (χ4n) is 0.888. The predicted octanol–water partition coefficient (Wildman–Crippen LogP) is 2.16. The zero-order valence-corrected chi connectivity index (χ0v) is 9.27. The number of hydrogen-bond donors (Lipinski definition) is 0. The quantitative estimate of drug-likeness (QED) is 0.504. The van der Waals surface area contributed by atoms with Crippen LogP contribution in [0.4, 0.5) is 9.18 Å². The molecule has 0 radical (unpaired) electrons. The van der Waals surface area contributed by atoms with Crippen molar-refractivity contribution in [2.45, 2.75) is 32.4 Å². The minimum Gasteiger partial charge on any atom is -0.443 e. The highest BCUT2D eigenvalue weighted by Gasteiger charge is 2.34. The van der Waals surface area contributed by atoms with Gasteiger partial charge in [0.1, 0.15) is 30.5 Å². The third-order valence-electron chi connectivity index (χ3n) is 1.48. The van der Waals surface area contributed by atoms with Crippen LogP contribution in [0, 0.1) is 0 Å². The highest BCUT2D eigenvalue weighted by atomic mass is 32.2. The van der Waals surface area contributed by atoms with Gasteiger partial charge in [0.15, 0.2) is 0 Å². The van der Waals surface area contributed by atoms with Gasteiger partial charge in [-0.25, -0.2) is 13.5 Å². The van der Waals surface area contributed by atoms with E-state index in [1.165, 1.54) is 4.31 Å². The van der Waals surface area contributed by atoms with E-state index >= 15 is 0 Å². The van der Waals surface area contributed by atoms with E-state index in [4.69, 9.17) is 8.92 Å². The summed E-state index contributed by atoms with van der Waals surface area (Å²) < 4.78 is 23.6. The molecule has 0 aromatic heterocycles. The molecule has 1 aliphatic rings. The van der Waals surface area contributed by atoms with Gasteiger partial charge in [-0.05, 0) is 20.8 Å². The molecular weight excluding hydrogens is 209 g/mol. The number of ether oxygens (including phenoxy) is 1. The minimum atomic E-state index is -0.619. The Morgan fingerprint density at radius 1 is 1.71 bits per heavy atom. The Hall–Kier alpha value is -0.490. The third kappa shape index (κ3) is 3.02. The van der Waals surface area contributed by atoms with Crippen LogP contribution >= 0.6 is 12.2 Å². The molecule has 1 heterocycles. The maximum atomic E-state index is 12.4. The first kappa shape index (κ1) is 11.6. The van der Waals surface area contributed by atoms with Crippen LogP contribution < -0.4 is 0 Å². The SMILES string of the molecule is CC(C)(C)OC(=O)N1SOC[C@@H]1CF. The van der Waals surface area contributed by atoms with Crippen molar-refractivity contribution in [3.63, 3.8) is 0 Å². The summed E-state index contributed by atoms with van der Waals surface area (Å²) in [4.78, 5) is 11.5. The van der Waals surface area contributed by atoms with Crippen molar-refractivity contribution in [2.75, 3.05) is 13.3 Å². The third-order valence-corrected chi connectivity index (χ3v) is 2.33. The minimum absolute atomic E-state index is 0.209. The molecule has 0 aromatic carbocycles. The second kappa shape index (κ2) is 4.35. The van der Waals surface area contributed by atoms with Crippen LogP contribution in [0.1, 0.15) is 20.8 Å². The van der Waals surface area contributed by atoms with Crippen LogP contribution in [0.3, 0.4) is 0 Å². The Morgan fingerprint density at radius 2 is 2.36 bits per heavy atom. The fourth-order valence-corrected chi connectivity index (χ4v) is 1.56. The zero-order chi connectivity index (χ0) is 10.8. The molecule has 0 N–H and O–H groups in total. The topological polar surface area (TPSA) is 38.8 Å². The maximum absolute atomic E-state index is 12.4. The number of carbonyl (C=O) groups is 1. The number of nitrogens with zero attached hydrogens (tertiary/aromatic N) is 1. The molecule has 6 heteroatoms. The van der Waals surface area contributed by atoms with Crippen molar-refractivity contribution in [2.24, 2.45) is 0 Å². The summed E-state index contributed by atoms with van der Waals surface area (Å²) >= 11 is 0.843. The molecule has 1 saturated heterocycles. The Balaban J connectivity index is 2.52. The first-order valence-electron chi connectivity index (χ1n) is 4.32. The van der Waals surface area contributed by atoms with E-state index in [0.717, 1.165) is 12.2 Å². The van der Waals surface area contributed by atoms with Crippen LogP contribution in [0.5, 0.6) is 0 Å². The predicted molar refractivity (Wildman–Crippen MR) is 51.4 cm³/mol. The van der Waals surface area contributed by atoms with Gasteiger partial charge in [0.25, 0.3) is 0 Å². The smallest absolute Gasteiger partial charge is 0.422 e. The van der Waals surface area contributed by atoms with Crippen LogP contribution in [0.2, 0.25) is 0 Å². The number of hydrogen-bond acceptors (Lipinski definition) is 4. The van der Waals surface area contributed by atoms with Crippen LogP contribution in [0.15, 0.2) is 0 Å². The van der Waals surface area contributed by atoms with E-state index in [0.29, 0.717) is 0 Å². The van der Waals surface area contributed by atoms with E-state index in [9.17, 15) is 9.18 Å². The second-order valence-electron chi connectivity index (χ2n) is 3.97. The van der Waals surface area contributed by atoms with E-state index < -0.39 is 24.4 Å². The van der Waals surface area contributed by atoms with Crippen LogP contribution in [-0.4, -0.2) is 35.3 Å². The van der Waals surface area contributed by atoms with Crippen molar-refractivity contribution in [3.8, 4) is 0 Å².